The van der Waals surface area contributed by atoms with Gasteiger partial charge in [-0.3, -0.25) is 4.99 Å². The van der Waals surface area contributed by atoms with Crippen LogP contribution in [0.2, 0.25) is 0 Å². The molecule has 0 aliphatic carbocycles. The molecule has 27 heavy (non-hydrogen) atoms. The predicted octanol–water partition coefficient (Wildman–Crippen LogP) is 3.70. The second-order valence-corrected chi connectivity index (χ2v) is 7.79. The van der Waals surface area contributed by atoms with E-state index in [1.54, 1.807) is 0 Å². The molecule has 5 nitrogen and oxygen atoms in total. The van der Waals surface area contributed by atoms with E-state index in [0.717, 1.165) is 38.4 Å². The van der Waals surface area contributed by atoms with Crippen molar-refractivity contribution in [3.63, 3.8) is 0 Å². The summed E-state index contributed by atoms with van der Waals surface area (Å²) in [5.41, 5.74) is 1.30. The van der Waals surface area contributed by atoms with Gasteiger partial charge in [-0.2, -0.15) is 0 Å². The van der Waals surface area contributed by atoms with Crippen molar-refractivity contribution in [1.29, 1.82) is 0 Å². The van der Waals surface area contributed by atoms with Gasteiger partial charge in [-0.25, -0.2) is 4.98 Å². The summed E-state index contributed by atoms with van der Waals surface area (Å²) in [6.07, 6.45) is 6.37. The van der Waals surface area contributed by atoms with Crippen molar-refractivity contribution in [1.82, 2.24) is 15.6 Å². The molecule has 0 bridgehead atoms. The number of anilines is 1. The van der Waals surface area contributed by atoms with Crippen molar-refractivity contribution in [2.24, 2.45) is 4.99 Å². The summed E-state index contributed by atoms with van der Waals surface area (Å²) >= 11 is 1.81. The Hall–Kier alpha value is -1.35. The van der Waals surface area contributed by atoms with E-state index in [1.807, 2.05) is 24.6 Å². The van der Waals surface area contributed by atoms with E-state index < -0.39 is 0 Å². The number of aromatic nitrogens is 1. The molecule has 1 atom stereocenters. The van der Waals surface area contributed by atoms with Crippen molar-refractivity contribution < 1.29 is 0 Å². The minimum atomic E-state index is 0. The van der Waals surface area contributed by atoms with Crippen LogP contribution in [-0.2, 0) is 12.8 Å². The van der Waals surface area contributed by atoms with Crippen LogP contribution in [0.15, 0.2) is 41.5 Å². The Kier molecular flexibility index (Phi) is 9.33. The lowest BCUT2D eigenvalue weighted by atomic mass is 10.1. The van der Waals surface area contributed by atoms with Crippen LogP contribution in [0.25, 0.3) is 0 Å². The van der Waals surface area contributed by atoms with Gasteiger partial charge in [-0.1, -0.05) is 25.1 Å². The quantitative estimate of drug-likeness (QED) is 0.362. The highest BCUT2D eigenvalue weighted by Gasteiger charge is 2.20. The number of thiazole rings is 1. The molecular weight excluding hydrogens is 469 g/mol. The number of benzene rings is 1. The first kappa shape index (κ1) is 21.9. The number of nitrogens with one attached hydrogen (secondary N) is 2. The van der Waals surface area contributed by atoms with Gasteiger partial charge in [-0.05, 0) is 31.4 Å². The van der Waals surface area contributed by atoms with Gasteiger partial charge in [0.1, 0.15) is 0 Å². The molecule has 0 radical (unpaired) electrons. The molecule has 2 heterocycles. The average Bonchev–Trinajstić information content (AvgIpc) is 3.16. The number of piperidine rings is 1. The molecule has 3 rings (SSSR count). The Morgan fingerprint density at radius 3 is 2.85 bits per heavy atom. The molecule has 1 fully saturated rings. The number of guanidine groups is 1. The summed E-state index contributed by atoms with van der Waals surface area (Å²) in [6, 6.07) is 11.1. The molecule has 1 unspecified atom stereocenters. The number of hydrogen-bond donors (Lipinski definition) is 2. The zero-order valence-electron chi connectivity index (χ0n) is 16.1. The number of para-hydroxylation sites is 1. The molecule has 0 spiro atoms. The fourth-order valence-electron chi connectivity index (χ4n) is 3.27. The molecular formula is C20H30IN5S. The van der Waals surface area contributed by atoms with E-state index in [-0.39, 0.29) is 24.0 Å². The third-order valence-electron chi connectivity index (χ3n) is 4.69. The van der Waals surface area contributed by atoms with Crippen molar-refractivity contribution >= 4 is 47.0 Å². The van der Waals surface area contributed by atoms with Crippen LogP contribution in [0.1, 0.15) is 29.7 Å². The van der Waals surface area contributed by atoms with Gasteiger partial charge in [0, 0.05) is 55.9 Å². The standard InChI is InChI=1S/C20H29N5S.HI/c1-3-18-14-23-19(26-18)11-12-22-20(21-2)24-16-8-7-13-25(15-16)17-9-5-4-6-10-17;/h4-6,9-10,14,16H,3,7-8,11-13,15H2,1-2H3,(H2,21,22,24);1H. The summed E-state index contributed by atoms with van der Waals surface area (Å²) in [5.74, 6) is 0.886. The van der Waals surface area contributed by atoms with Gasteiger partial charge in [0.2, 0.25) is 0 Å². The van der Waals surface area contributed by atoms with Gasteiger partial charge < -0.3 is 15.5 Å². The Bertz CT molecular complexity index is 703. The van der Waals surface area contributed by atoms with Crippen LogP contribution < -0.4 is 15.5 Å². The van der Waals surface area contributed by atoms with Gasteiger partial charge in [0.15, 0.2) is 5.96 Å². The third-order valence-corrected chi connectivity index (χ3v) is 5.89. The molecule has 2 N–H and O–H groups in total. The van der Waals surface area contributed by atoms with Crippen molar-refractivity contribution in [3.05, 3.63) is 46.4 Å². The van der Waals surface area contributed by atoms with E-state index >= 15 is 0 Å². The molecule has 1 saturated heterocycles. The SMILES string of the molecule is CCc1cnc(CCNC(=NC)NC2CCCN(c3ccccc3)C2)s1.I. The van der Waals surface area contributed by atoms with Gasteiger partial charge >= 0.3 is 0 Å². The highest BCUT2D eigenvalue weighted by molar-refractivity contribution is 14.0. The number of aryl methyl sites for hydroxylation is 1. The maximum absolute atomic E-state index is 4.48. The Morgan fingerprint density at radius 2 is 2.15 bits per heavy atom. The molecule has 0 saturated carbocycles. The lowest BCUT2D eigenvalue weighted by molar-refractivity contribution is 0.468. The summed E-state index contributed by atoms with van der Waals surface area (Å²) in [7, 11) is 1.84. The largest absolute Gasteiger partial charge is 0.369 e. The van der Waals surface area contributed by atoms with Crippen molar-refractivity contribution in [2.45, 2.75) is 38.6 Å². The first-order valence-corrected chi connectivity index (χ1v) is 10.3. The number of halogens is 1. The van der Waals surface area contributed by atoms with Gasteiger partial charge in [-0.15, -0.1) is 35.3 Å². The van der Waals surface area contributed by atoms with Crippen LogP contribution in [0, 0.1) is 0 Å². The zero-order chi connectivity index (χ0) is 18.2. The number of nitrogens with zero attached hydrogens (tertiary/aromatic N) is 3. The van der Waals surface area contributed by atoms with E-state index in [9.17, 15) is 0 Å². The Labute approximate surface area is 183 Å². The highest BCUT2D eigenvalue weighted by Crippen LogP contribution is 2.19. The van der Waals surface area contributed by atoms with Crippen molar-refractivity contribution in [3.8, 4) is 0 Å². The second kappa shape index (κ2) is 11.5. The average molecular weight is 499 g/mol. The third kappa shape index (κ3) is 6.64. The minimum Gasteiger partial charge on any atom is -0.369 e. The first-order chi connectivity index (χ1) is 12.8. The van der Waals surface area contributed by atoms with Crippen LogP contribution in [-0.4, -0.2) is 43.7 Å². The predicted molar refractivity (Wildman–Crippen MR) is 127 cm³/mol. The number of rotatable bonds is 6. The Balaban J connectivity index is 0.00000261. The van der Waals surface area contributed by atoms with E-state index in [1.165, 1.54) is 28.4 Å². The maximum atomic E-state index is 4.48. The van der Waals surface area contributed by atoms with Crippen LogP contribution >= 0.6 is 35.3 Å². The van der Waals surface area contributed by atoms with Gasteiger partial charge in [0.05, 0.1) is 5.01 Å². The molecule has 1 aliphatic rings. The molecule has 7 heteroatoms. The fraction of sp³-hybridized carbons (Fsp3) is 0.500. The molecule has 1 aliphatic heterocycles. The summed E-state index contributed by atoms with van der Waals surface area (Å²) in [6.45, 7) is 5.16. The lowest BCUT2D eigenvalue weighted by Gasteiger charge is -2.35. The van der Waals surface area contributed by atoms with E-state index in [2.05, 4.69) is 62.8 Å². The fourth-order valence-corrected chi connectivity index (χ4v) is 4.13. The second-order valence-electron chi connectivity index (χ2n) is 6.59. The lowest BCUT2D eigenvalue weighted by Crippen LogP contribution is -2.51. The van der Waals surface area contributed by atoms with Crippen LogP contribution in [0.4, 0.5) is 5.69 Å². The summed E-state index contributed by atoms with van der Waals surface area (Å²) < 4.78 is 0. The van der Waals surface area contributed by atoms with E-state index in [4.69, 9.17) is 0 Å². The zero-order valence-corrected chi connectivity index (χ0v) is 19.3. The number of hydrogen-bond acceptors (Lipinski definition) is 4. The smallest absolute Gasteiger partial charge is 0.191 e. The molecule has 2 aromatic rings. The maximum Gasteiger partial charge on any atom is 0.191 e. The van der Waals surface area contributed by atoms with E-state index in [0.29, 0.717) is 6.04 Å². The molecule has 148 valence electrons. The molecule has 1 aromatic carbocycles. The summed E-state index contributed by atoms with van der Waals surface area (Å²) in [5, 5.41) is 8.21. The number of aliphatic imine (C=N–C) groups is 1. The highest BCUT2D eigenvalue weighted by atomic mass is 127. The van der Waals surface area contributed by atoms with Crippen LogP contribution in [0.5, 0.6) is 0 Å². The van der Waals surface area contributed by atoms with Crippen molar-refractivity contribution in [2.75, 3.05) is 31.6 Å². The summed E-state index contributed by atoms with van der Waals surface area (Å²) in [4.78, 5) is 12.7. The van der Waals surface area contributed by atoms with Crippen LogP contribution in [0.3, 0.4) is 0 Å². The normalized spacial score (nSPS) is 17.3. The molecule has 0 amide bonds. The monoisotopic (exact) mass is 499 g/mol. The van der Waals surface area contributed by atoms with Gasteiger partial charge in [0.25, 0.3) is 0 Å². The topological polar surface area (TPSA) is 52.6 Å². The Morgan fingerprint density at radius 1 is 1.33 bits per heavy atom. The molecule has 1 aromatic heterocycles. The first-order valence-electron chi connectivity index (χ1n) is 9.49. The minimum absolute atomic E-state index is 0.